The molecule has 1 aliphatic heterocycles. The molecule has 0 aromatic heterocycles. The van der Waals surface area contributed by atoms with Gasteiger partial charge in [-0.05, 0) is 51.4 Å². The Balaban J connectivity index is 1.95. The largest absolute Gasteiger partial charge is 0.392 e. The first-order chi connectivity index (χ1) is 8.27. The molecule has 102 valence electrons. The molecule has 3 heteroatoms. The van der Waals surface area contributed by atoms with Crippen molar-refractivity contribution in [3.8, 4) is 0 Å². The van der Waals surface area contributed by atoms with E-state index in [-0.39, 0.29) is 6.10 Å². The Bertz CT molecular complexity index is 177. The molecule has 0 aromatic carbocycles. The summed E-state index contributed by atoms with van der Waals surface area (Å²) in [6, 6.07) is 0. The summed E-state index contributed by atoms with van der Waals surface area (Å²) in [5.74, 6) is 0.459. The van der Waals surface area contributed by atoms with Gasteiger partial charge in [-0.1, -0.05) is 26.7 Å². The highest BCUT2D eigenvalue weighted by Crippen LogP contribution is 2.12. The van der Waals surface area contributed by atoms with Gasteiger partial charge in [0.05, 0.1) is 6.10 Å². The molecule has 0 spiro atoms. The molecule has 0 aliphatic carbocycles. The second-order valence-corrected chi connectivity index (χ2v) is 5.25. The van der Waals surface area contributed by atoms with Gasteiger partial charge in [-0.3, -0.25) is 0 Å². The Morgan fingerprint density at radius 3 is 2.41 bits per heavy atom. The van der Waals surface area contributed by atoms with Gasteiger partial charge in [0.1, 0.15) is 0 Å². The number of aliphatic hydroxyl groups excluding tert-OH is 1. The lowest BCUT2D eigenvalue weighted by atomic mass is 9.96. The molecule has 1 atom stereocenters. The van der Waals surface area contributed by atoms with E-state index in [9.17, 15) is 5.11 Å². The number of hydrogen-bond donors (Lipinski definition) is 2. The van der Waals surface area contributed by atoms with Crippen LogP contribution in [-0.4, -0.2) is 48.8 Å². The van der Waals surface area contributed by atoms with E-state index in [1.54, 1.807) is 0 Å². The van der Waals surface area contributed by atoms with E-state index in [0.29, 0.717) is 5.92 Å². The smallest absolute Gasteiger partial charge is 0.0692 e. The van der Waals surface area contributed by atoms with Crippen LogP contribution in [0.15, 0.2) is 0 Å². The van der Waals surface area contributed by atoms with E-state index in [0.717, 1.165) is 25.9 Å². The second-order valence-electron chi connectivity index (χ2n) is 5.25. The predicted octanol–water partition coefficient (Wildman–Crippen LogP) is 1.86. The molecular formula is C14H30N2O. The van der Waals surface area contributed by atoms with E-state index >= 15 is 0 Å². The summed E-state index contributed by atoms with van der Waals surface area (Å²) >= 11 is 0. The molecule has 2 N–H and O–H groups in total. The highest BCUT2D eigenvalue weighted by atomic mass is 16.3. The normalized spacial score (nSPS) is 19.1. The molecule has 1 rings (SSSR count). The van der Waals surface area contributed by atoms with Crippen LogP contribution in [0, 0.1) is 5.92 Å². The molecule has 1 heterocycles. The summed E-state index contributed by atoms with van der Waals surface area (Å²) in [6.07, 6.45) is 5.94. The fourth-order valence-electron chi connectivity index (χ4n) is 2.68. The summed E-state index contributed by atoms with van der Waals surface area (Å²) < 4.78 is 0. The first kappa shape index (κ1) is 14.9. The third-order valence-electron chi connectivity index (χ3n) is 3.97. The summed E-state index contributed by atoms with van der Waals surface area (Å²) in [6.45, 7) is 9.90. The Labute approximate surface area is 107 Å². The first-order valence-corrected chi connectivity index (χ1v) is 7.39. The molecule has 1 unspecified atom stereocenters. The van der Waals surface area contributed by atoms with E-state index in [1.807, 2.05) is 0 Å². The van der Waals surface area contributed by atoms with Crippen molar-refractivity contribution >= 4 is 0 Å². The van der Waals surface area contributed by atoms with Crippen LogP contribution in [-0.2, 0) is 0 Å². The Kier molecular flexibility index (Phi) is 7.82. The maximum Gasteiger partial charge on any atom is 0.0692 e. The van der Waals surface area contributed by atoms with Crippen LogP contribution in [0.2, 0.25) is 0 Å². The van der Waals surface area contributed by atoms with Gasteiger partial charge >= 0.3 is 0 Å². The minimum atomic E-state index is -0.170. The number of nitrogens with zero attached hydrogens (tertiary/aromatic N) is 1. The molecule has 0 aromatic rings. The van der Waals surface area contributed by atoms with Crippen molar-refractivity contribution in [3.63, 3.8) is 0 Å². The van der Waals surface area contributed by atoms with Crippen molar-refractivity contribution in [2.75, 3.05) is 32.7 Å². The predicted molar refractivity (Wildman–Crippen MR) is 73.2 cm³/mol. The molecule has 0 saturated carbocycles. The topological polar surface area (TPSA) is 35.5 Å². The van der Waals surface area contributed by atoms with Crippen LogP contribution in [0.1, 0.15) is 46.0 Å². The fraction of sp³-hybridized carbons (Fsp3) is 1.00. The molecule has 1 aliphatic rings. The fourth-order valence-corrected chi connectivity index (χ4v) is 2.68. The average molecular weight is 242 g/mol. The monoisotopic (exact) mass is 242 g/mol. The van der Waals surface area contributed by atoms with Gasteiger partial charge in [0.2, 0.25) is 0 Å². The van der Waals surface area contributed by atoms with Crippen molar-refractivity contribution in [1.29, 1.82) is 0 Å². The average Bonchev–Trinajstić information content (AvgIpc) is 2.83. The van der Waals surface area contributed by atoms with Crippen LogP contribution < -0.4 is 5.32 Å². The van der Waals surface area contributed by atoms with Crippen molar-refractivity contribution in [2.45, 2.75) is 52.1 Å². The molecule has 0 radical (unpaired) electrons. The first-order valence-electron chi connectivity index (χ1n) is 7.39. The molecule has 0 bridgehead atoms. The standard InChI is InChI=1S/C14H30N2O/c1-3-13(4-2)14(17)12-15-8-7-11-16-9-5-6-10-16/h13-15,17H,3-12H2,1-2H3. The van der Waals surface area contributed by atoms with Crippen molar-refractivity contribution in [1.82, 2.24) is 10.2 Å². The number of likely N-dealkylation sites (tertiary alicyclic amines) is 1. The van der Waals surface area contributed by atoms with Gasteiger partial charge in [0.15, 0.2) is 0 Å². The molecule has 0 amide bonds. The summed E-state index contributed by atoms with van der Waals surface area (Å²) in [4.78, 5) is 2.54. The van der Waals surface area contributed by atoms with Gasteiger partial charge in [-0.25, -0.2) is 0 Å². The quantitative estimate of drug-likeness (QED) is 0.606. The third-order valence-corrected chi connectivity index (χ3v) is 3.97. The maximum absolute atomic E-state index is 9.95. The zero-order valence-electron chi connectivity index (χ0n) is 11.6. The van der Waals surface area contributed by atoms with Gasteiger partial charge < -0.3 is 15.3 Å². The number of hydrogen-bond acceptors (Lipinski definition) is 3. The van der Waals surface area contributed by atoms with E-state index in [1.165, 1.54) is 38.9 Å². The Morgan fingerprint density at radius 1 is 1.18 bits per heavy atom. The van der Waals surface area contributed by atoms with Gasteiger partial charge in [-0.2, -0.15) is 0 Å². The summed E-state index contributed by atoms with van der Waals surface area (Å²) in [7, 11) is 0. The van der Waals surface area contributed by atoms with E-state index in [4.69, 9.17) is 0 Å². The number of rotatable bonds is 9. The van der Waals surface area contributed by atoms with Gasteiger partial charge in [0, 0.05) is 6.54 Å². The highest BCUT2D eigenvalue weighted by molar-refractivity contribution is 4.70. The molecule has 1 saturated heterocycles. The van der Waals surface area contributed by atoms with Crippen molar-refractivity contribution < 1.29 is 5.11 Å². The lowest BCUT2D eigenvalue weighted by molar-refractivity contribution is 0.101. The van der Waals surface area contributed by atoms with Crippen LogP contribution in [0.4, 0.5) is 0 Å². The Hall–Kier alpha value is -0.120. The third kappa shape index (κ3) is 5.84. The lowest BCUT2D eigenvalue weighted by Gasteiger charge is -2.21. The molecule has 3 nitrogen and oxygen atoms in total. The van der Waals surface area contributed by atoms with Crippen LogP contribution in [0.3, 0.4) is 0 Å². The van der Waals surface area contributed by atoms with Crippen molar-refractivity contribution in [2.24, 2.45) is 5.92 Å². The molecular weight excluding hydrogens is 212 g/mol. The number of nitrogens with one attached hydrogen (secondary N) is 1. The van der Waals surface area contributed by atoms with Gasteiger partial charge in [0.25, 0.3) is 0 Å². The lowest BCUT2D eigenvalue weighted by Crippen LogP contribution is -2.34. The SMILES string of the molecule is CCC(CC)C(O)CNCCCN1CCCC1. The van der Waals surface area contributed by atoms with Gasteiger partial charge in [-0.15, -0.1) is 0 Å². The zero-order chi connectivity index (χ0) is 12.5. The maximum atomic E-state index is 9.95. The van der Waals surface area contributed by atoms with Crippen LogP contribution >= 0.6 is 0 Å². The number of aliphatic hydroxyl groups is 1. The minimum Gasteiger partial charge on any atom is -0.392 e. The highest BCUT2D eigenvalue weighted by Gasteiger charge is 2.14. The second kappa shape index (κ2) is 8.90. The zero-order valence-corrected chi connectivity index (χ0v) is 11.6. The van der Waals surface area contributed by atoms with Crippen LogP contribution in [0.25, 0.3) is 0 Å². The summed E-state index contributed by atoms with van der Waals surface area (Å²) in [5.41, 5.74) is 0. The van der Waals surface area contributed by atoms with Crippen molar-refractivity contribution in [3.05, 3.63) is 0 Å². The molecule has 1 fully saturated rings. The Morgan fingerprint density at radius 2 is 1.82 bits per heavy atom. The van der Waals surface area contributed by atoms with E-state index in [2.05, 4.69) is 24.1 Å². The van der Waals surface area contributed by atoms with Crippen LogP contribution in [0.5, 0.6) is 0 Å². The van der Waals surface area contributed by atoms with E-state index < -0.39 is 0 Å². The summed E-state index contributed by atoms with van der Waals surface area (Å²) in [5, 5.41) is 13.3. The molecule has 17 heavy (non-hydrogen) atoms. The minimum absolute atomic E-state index is 0.170.